The summed E-state index contributed by atoms with van der Waals surface area (Å²) in [5.74, 6) is 0. The number of aromatic amines is 1. The van der Waals surface area contributed by atoms with Gasteiger partial charge in [0.15, 0.2) is 5.69 Å². The molecular weight excluding hydrogens is 431 g/mol. The van der Waals surface area contributed by atoms with Crippen LogP contribution in [-0.2, 0) is 12.7 Å². The molecule has 31 heavy (non-hydrogen) atoms. The van der Waals surface area contributed by atoms with Crippen molar-refractivity contribution < 1.29 is 18.0 Å². The second kappa shape index (κ2) is 7.99. The predicted molar refractivity (Wildman–Crippen MR) is 112 cm³/mol. The average molecular weight is 448 g/mol. The number of fused-ring (bicyclic) bond motifs is 1. The number of rotatable bonds is 4. The van der Waals surface area contributed by atoms with E-state index in [9.17, 15) is 18.0 Å². The summed E-state index contributed by atoms with van der Waals surface area (Å²) in [6.07, 6.45) is -4.62. The van der Waals surface area contributed by atoms with Crippen molar-refractivity contribution in [2.45, 2.75) is 19.6 Å². The lowest BCUT2D eigenvalue weighted by molar-refractivity contribution is -0.141. The molecule has 0 fully saturated rings. The molecule has 2 heterocycles. The fraction of sp³-hybridized carbons (Fsp3) is 0.143. The van der Waals surface area contributed by atoms with E-state index < -0.39 is 17.9 Å². The monoisotopic (exact) mass is 447 g/mol. The lowest BCUT2D eigenvalue weighted by Crippen LogP contribution is -2.29. The minimum atomic E-state index is -4.62. The molecule has 0 radical (unpaired) electrons. The Morgan fingerprint density at radius 1 is 1.16 bits per heavy atom. The van der Waals surface area contributed by atoms with Gasteiger partial charge in [-0.3, -0.25) is 0 Å². The fourth-order valence-electron chi connectivity index (χ4n) is 3.22. The first kappa shape index (κ1) is 20.8. The number of carbonyl (C=O) groups excluding carboxylic acids is 1. The minimum absolute atomic E-state index is 0.154. The number of carbonyl (C=O) groups is 1. The molecule has 6 nitrogen and oxygen atoms in total. The summed E-state index contributed by atoms with van der Waals surface area (Å²) in [6.45, 7) is 1.75. The Bertz CT molecular complexity index is 1260. The predicted octanol–water partition coefficient (Wildman–Crippen LogP) is 5.66. The standard InChI is InChI=1S/C21H17ClF3N5O/c1-12-7-13-8-15(5-6-18(13)27-12)28-20(31)26-11-17-10-19(21(23,24)25)29-30(17)16-4-2-3-14(22)9-16/h2-10,27H,11H2,1H3,(H2,26,28,31). The van der Waals surface area contributed by atoms with Crippen molar-refractivity contribution in [3.8, 4) is 5.69 Å². The van der Waals surface area contributed by atoms with E-state index in [0.29, 0.717) is 16.4 Å². The van der Waals surface area contributed by atoms with Gasteiger partial charge < -0.3 is 15.6 Å². The molecule has 2 amide bonds. The number of hydrogen-bond acceptors (Lipinski definition) is 2. The Hall–Kier alpha value is -3.46. The molecule has 4 rings (SSSR count). The van der Waals surface area contributed by atoms with E-state index in [1.54, 1.807) is 30.3 Å². The van der Waals surface area contributed by atoms with E-state index in [1.807, 2.05) is 19.1 Å². The second-order valence-corrected chi connectivity index (χ2v) is 7.41. The van der Waals surface area contributed by atoms with Crippen LogP contribution in [0.2, 0.25) is 5.02 Å². The van der Waals surface area contributed by atoms with Crippen LogP contribution in [0, 0.1) is 6.92 Å². The van der Waals surface area contributed by atoms with Gasteiger partial charge in [0.1, 0.15) is 0 Å². The SMILES string of the molecule is Cc1cc2cc(NC(=O)NCc3cc(C(F)(F)F)nn3-c3cccc(Cl)c3)ccc2[nH]1. The van der Waals surface area contributed by atoms with Crippen molar-refractivity contribution in [1.29, 1.82) is 0 Å². The van der Waals surface area contributed by atoms with Gasteiger partial charge in [0, 0.05) is 27.3 Å². The minimum Gasteiger partial charge on any atom is -0.359 e. The summed E-state index contributed by atoms with van der Waals surface area (Å²) < 4.78 is 40.7. The summed E-state index contributed by atoms with van der Waals surface area (Å²) in [7, 11) is 0. The molecule has 0 aliphatic rings. The zero-order valence-corrected chi connectivity index (χ0v) is 17.0. The zero-order chi connectivity index (χ0) is 22.2. The maximum Gasteiger partial charge on any atom is 0.435 e. The number of aromatic nitrogens is 3. The van der Waals surface area contributed by atoms with Crippen LogP contribution in [0.3, 0.4) is 0 Å². The van der Waals surface area contributed by atoms with Crippen LogP contribution in [0.4, 0.5) is 23.7 Å². The number of amides is 2. The third kappa shape index (κ3) is 4.66. The molecule has 4 aromatic rings. The number of halogens is 4. The molecule has 0 saturated heterocycles. The average Bonchev–Trinajstić information content (AvgIpc) is 3.28. The summed E-state index contributed by atoms with van der Waals surface area (Å²) in [4.78, 5) is 15.5. The van der Waals surface area contributed by atoms with Crippen LogP contribution in [0.1, 0.15) is 17.1 Å². The van der Waals surface area contributed by atoms with E-state index in [2.05, 4.69) is 20.7 Å². The lowest BCUT2D eigenvalue weighted by atomic mass is 10.2. The number of urea groups is 1. The second-order valence-electron chi connectivity index (χ2n) is 6.97. The molecule has 0 bridgehead atoms. The van der Waals surface area contributed by atoms with Crippen molar-refractivity contribution in [2.75, 3.05) is 5.32 Å². The fourth-order valence-corrected chi connectivity index (χ4v) is 3.40. The molecule has 10 heteroatoms. The van der Waals surface area contributed by atoms with Gasteiger partial charge in [0.2, 0.25) is 0 Å². The van der Waals surface area contributed by atoms with Crippen molar-refractivity contribution >= 4 is 34.2 Å². The summed E-state index contributed by atoms with van der Waals surface area (Å²) in [6, 6.07) is 13.9. The van der Waals surface area contributed by atoms with E-state index in [1.165, 1.54) is 6.07 Å². The van der Waals surface area contributed by atoms with Crippen LogP contribution in [0.25, 0.3) is 16.6 Å². The molecular formula is C21H17ClF3N5O. The van der Waals surface area contributed by atoms with Crippen LogP contribution in [0.5, 0.6) is 0 Å². The molecule has 2 aromatic carbocycles. The van der Waals surface area contributed by atoms with Gasteiger partial charge in [0.05, 0.1) is 17.9 Å². The number of alkyl halides is 3. The number of nitrogens with zero attached hydrogens (tertiary/aromatic N) is 2. The van der Waals surface area contributed by atoms with Gasteiger partial charge in [0.25, 0.3) is 0 Å². The van der Waals surface area contributed by atoms with E-state index >= 15 is 0 Å². The first-order chi connectivity index (χ1) is 14.7. The molecule has 0 saturated carbocycles. The highest BCUT2D eigenvalue weighted by Crippen LogP contribution is 2.30. The van der Waals surface area contributed by atoms with Crippen LogP contribution >= 0.6 is 11.6 Å². The van der Waals surface area contributed by atoms with Gasteiger partial charge in [-0.05, 0) is 55.5 Å². The van der Waals surface area contributed by atoms with Gasteiger partial charge in [-0.15, -0.1) is 0 Å². The number of benzene rings is 2. The highest BCUT2D eigenvalue weighted by Gasteiger charge is 2.35. The molecule has 3 N–H and O–H groups in total. The van der Waals surface area contributed by atoms with Crippen molar-refractivity contribution in [3.05, 3.63) is 76.7 Å². The molecule has 0 atom stereocenters. The van der Waals surface area contributed by atoms with E-state index in [4.69, 9.17) is 11.6 Å². The number of H-pyrrole nitrogens is 1. The molecule has 160 valence electrons. The summed E-state index contributed by atoms with van der Waals surface area (Å²) in [5.41, 5.74) is 1.94. The molecule has 0 unspecified atom stereocenters. The Balaban J connectivity index is 1.52. The first-order valence-corrected chi connectivity index (χ1v) is 9.63. The Kier molecular flexibility index (Phi) is 5.36. The Morgan fingerprint density at radius 2 is 1.97 bits per heavy atom. The van der Waals surface area contributed by atoms with Gasteiger partial charge in [-0.25, -0.2) is 9.48 Å². The van der Waals surface area contributed by atoms with Crippen molar-refractivity contribution in [1.82, 2.24) is 20.1 Å². The Morgan fingerprint density at radius 3 is 2.71 bits per heavy atom. The van der Waals surface area contributed by atoms with E-state index in [-0.39, 0.29) is 12.2 Å². The number of hydrogen-bond donors (Lipinski definition) is 3. The van der Waals surface area contributed by atoms with Gasteiger partial charge >= 0.3 is 12.2 Å². The highest BCUT2D eigenvalue weighted by atomic mass is 35.5. The maximum atomic E-state index is 13.2. The van der Waals surface area contributed by atoms with Crippen LogP contribution in [0.15, 0.2) is 54.6 Å². The Labute approximate surface area is 180 Å². The van der Waals surface area contributed by atoms with Gasteiger partial charge in [-0.1, -0.05) is 17.7 Å². The zero-order valence-electron chi connectivity index (χ0n) is 16.2. The van der Waals surface area contributed by atoms with E-state index in [0.717, 1.165) is 27.3 Å². The quantitative estimate of drug-likeness (QED) is 0.378. The molecule has 0 spiro atoms. The smallest absolute Gasteiger partial charge is 0.359 e. The number of anilines is 1. The number of aryl methyl sites for hydroxylation is 1. The molecule has 0 aliphatic heterocycles. The maximum absolute atomic E-state index is 13.2. The summed E-state index contributed by atoms with van der Waals surface area (Å²) >= 11 is 5.96. The third-order valence-corrected chi connectivity index (χ3v) is 4.80. The van der Waals surface area contributed by atoms with Crippen LogP contribution in [-0.4, -0.2) is 20.8 Å². The normalized spacial score (nSPS) is 11.6. The number of nitrogens with one attached hydrogen (secondary N) is 3. The third-order valence-electron chi connectivity index (χ3n) is 4.57. The van der Waals surface area contributed by atoms with Crippen LogP contribution < -0.4 is 10.6 Å². The summed E-state index contributed by atoms with van der Waals surface area (Å²) in [5, 5.41) is 10.2. The molecule has 2 aromatic heterocycles. The lowest BCUT2D eigenvalue weighted by Gasteiger charge is -2.10. The largest absolute Gasteiger partial charge is 0.435 e. The van der Waals surface area contributed by atoms with Crippen molar-refractivity contribution in [2.24, 2.45) is 0 Å². The highest BCUT2D eigenvalue weighted by molar-refractivity contribution is 6.30. The topological polar surface area (TPSA) is 74.7 Å². The van der Waals surface area contributed by atoms with Crippen molar-refractivity contribution in [3.63, 3.8) is 0 Å². The molecule has 0 aliphatic carbocycles. The van der Waals surface area contributed by atoms with Gasteiger partial charge in [-0.2, -0.15) is 18.3 Å². The first-order valence-electron chi connectivity index (χ1n) is 9.25.